The summed E-state index contributed by atoms with van der Waals surface area (Å²) in [6.07, 6.45) is 1.83. The minimum atomic E-state index is 0.0563. The van der Waals surface area contributed by atoms with E-state index in [-0.39, 0.29) is 6.61 Å². The van der Waals surface area contributed by atoms with Gasteiger partial charge in [0.05, 0.1) is 20.3 Å². The van der Waals surface area contributed by atoms with Crippen LogP contribution in [0.25, 0.3) is 0 Å². The monoisotopic (exact) mass is 146 g/mol. The summed E-state index contributed by atoms with van der Waals surface area (Å²) in [4.78, 5) is 0. The first-order valence-electron chi connectivity index (χ1n) is 3.23. The Balaban J connectivity index is 3.27. The number of ether oxygens (including phenoxy) is 2. The molecule has 0 aliphatic heterocycles. The summed E-state index contributed by atoms with van der Waals surface area (Å²) in [5, 5.41) is 8.34. The highest BCUT2D eigenvalue weighted by molar-refractivity contribution is 4.89. The lowest BCUT2D eigenvalue weighted by molar-refractivity contribution is 0.0820. The Morgan fingerprint density at radius 2 is 2.30 bits per heavy atom. The van der Waals surface area contributed by atoms with Crippen LogP contribution >= 0.6 is 0 Å². The van der Waals surface area contributed by atoms with Crippen LogP contribution in [0, 0.1) is 0 Å². The molecule has 0 spiro atoms. The highest BCUT2D eigenvalue weighted by atomic mass is 16.5. The van der Waals surface area contributed by atoms with Gasteiger partial charge in [0, 0.05) is 0 Å². The van der Waals surface area contributed by atoms with E-state index in [1.807, 2.05) is 13.0 Å². The maximum absolute atomic E-state index is 8.34. The normalized spacial score (nSPS) is 11.7. The second-order valence-electron chi connectivity index (χ2n) is 1.74. The third kappa shape index (κ3) is 4.35. The Hall–Kier alpha value is -0.540. The van der Waals surface area contributed by atoms with Crippen molar-refractivity contribution in [3.63, 3.8) is 0 Å². The van der Waals surface area contributed by atoms with E-state index < -0.39 is 0 Å². The maximum Gasteiger partial charge on any atom is 0.117 e. The van der Waals surface area contributed by atoms with Crippen molar-refractivity contribution in [2.24, 2.45) is 0 Å². The van der Waals surface area contributed by atoms with Gasteiger partial charge in [-0.2, -0.15) is 0 Å². The van der Waals surface area contributed by atoms with Crippen LogP contribution < -0.4 is 0 Å². The zero-order valence-electron chi connectivity index (χ0n) is 6.46. The van der Waals surface area contributed by atoms with Crippen molar-refractivity contribution in [3.8, 4) is 0 Å². The van der Waals surface area contributed by atoms with Gasteiger partial charge >= 0.3 is 0 Å². The van der Waals surface area contributed by atoms with E-state index in [0.717, 1.165) is 5.76 Å². The van der Waals surface area contributed by atoms with E-state index in [1.54, 1.807) is 7.11 Å². The standard InChI is InChI=1S/C7H14O3/c1-3-7(9-2)6-10-5-4-8/h3,8H,4-6H2,1-2H3. The Kier molecular flexibility index (Phi) is 6.22. The van der Waals surface area contributed by atoms with Gasteiger partial charge in [0.1, 0.15) is 12.4 Å². The maximum atomic E-state index is 8.34. The van der Waals surface area contributed by atoms with Crippen LogP contribution in [-0.2, 0) is 9.47 Å². The molecule has 0 atom stereocenters. The van der Waals surface area contributed by atoms with Crippen LogP contribution in [0.5, 0.6) is 0 Å². The van der Waals surface area contributed by atoms with Gasteiger partial charge in [0.15, 0.2) is 0 Å². The summed E-state index contributed by atoms with van der Waals surface area (Å²) in [6, 6.07) is 0. The molecule has 0 aromatic carbocycles. The molecule has 0 saturated carbocycles. The molecular weight excluding hydrogens is 132 g/mol. The molecule has 0 unspecified atom stereocenters. The van der Waals surface area contributed by atoms with Gasteiger partial charge < -0.3 is 14.6 Å². The second kappa shape index (κ2) is 6.58. The number of allylic oxidation sites excluding steroid dienone is 1. The minimum Gasteiger partial charge on any atom is -0.499 e. The molecule has 60 valence electrons. The van der Waals surface area contributed by atoms with E-state index in [9.17, 15) is 0 Å². The predicted molar refractivity (Wildman–Crippen MR) is 38.7 cm³/mol. The van der Waals surface area contributed by atoms with E-state index in [1.165, 1.54) is 0 Å². The fraction of sp³-hybridized carbons (Fsp3) is 0.714. The van der Waals surface area contributed by atoms with E-state index >= 15 is 0 Å². The molecule has 0 rings (SSSR count). The van der Waals surface area contributed by atoms with Crippen molar-refractivity contribution in [1.29, 1.82) is 0 Å². The third-order valence-corrected chi connectivity index (χ3v) is 1.06. The molecule has 0 fully saturated rings. The first-order chi connectivity index (χ1) is 4.85. The van der Waals surface area contributed by atoms with E-state index in [2.05, 4.69) is 0 Å². The molecule has 3 heteroatoms. The summed E-state index contributed by atoms with van der Waals surface area (Å²) >= 11 is 0. The number of hydrogen-bond donors (Lipinski definition) is 1. The zero-order chi connectivity index (χ0) is 7.82. The number of aliphatic hydroxyl groups excluding tert-OH is 1. The smallest absolute Gasteiger partial charge is 0.117 e. The molecule has 0 aromatic rings. The van der Waals surface area contributed by atoms with Crippen LogP contribution in [-0.4, -0.2) is 32.0 Å². The molecule has 0 heterocycles. The van der Waals surface area contributed by atoms with Crippen molar-refractivity contribution in [1.82, 2.24) is 0 Å². The van der Waals surface area contributed by atoms with Crippen molar-refractivity contribution >= 4 is 0 Å². The van der Waals surface area contributed by atoms with Gasteiger partial charge in [-0.25, -0.2) is 0 Å². The Morgan fingerprint density at radius 1 is 1.60 bits per heavy atom. The molecule has 0 radical (unpaired) electrons. The summed E-state index contributed by atoms with van der Waals surface area (Å²) in [5.41, 5.74) is 0. The van der Waals surface area contributed by atoms with E-state index in [4.69, 9.17) is 14.6 Å². The van der Waals surface area contributed by atoms with Crippen LogP contribution in [0.2, 0.25) is 0 Å². The molecule has 1 N–H and O–H groups in total. The highest BCUT2D eigenvalue weighted by Crippen LogP contribution is 1.94. The van der Waals surface area contributed by atoms with Crippen molar-refractivity contribution in [3.05, 3.63) is 11.8 Å². The lowest BCUT2D eigenvalue weighted by atomic mass is 10.5. The molecular formula is C7H14O3. The molecule has 0 bridgehead atoms. The van der Waals surface area contributed by atoms with Gasteiger partial charge in [0.25, 0.3) is 0 Å². The van der Waals surface area contributed by atoms with Crippen molar-refractivity contribution in [2.75, 3.05) is 26.9 Å². The zero-order valence-corrected chi connectivity index (χ0v) is 6.46. The fourth-order valence-electron chi connectivity index (χ4n) is 0.497. The largest absolute Gasteiger partial charge is 0.499 e. The molecule has 10 heavy (non-hydrogen) atoms. The number of hydrogen-bond acceptors (Lipinski definition) is 3. The molecule has 3 nitrogen and oxygen atoms in total. The number of aliphatic hydroxyl groups is 1. The van der Waals surface area contributed by atoms with Crippen molar-refractivity contribution in [2.45, 2.75) is 6.92 Å². The quantitative estimate of drug-likeness (QED) is 0.454. The van der Waals surface area contributed by atoms with Crippen LogP contribution in [0.15, 0.2) is 11.8 Å². The lowest BCUT2D eigenvalue weighted by Crippen LogP contribution is -2.03. The summed E-state index contributed by atoms with van der Waals surface area (Å²) < 4.78 is 9.88. The average molecular weight is 146 g/mol. The minimum absolute atomic E-state index is 0.0563. The molecule has 0 amide bonds. The summed E-state index contributed by atoms with van der Waals surface area (Å²) in [5.74, 6) is 0.786. The SMILES string of the molecule is CC=C(COCCO)OC. The topological polar surface area (TPSA) is 38.7 Å². The van der Waals surface area contributed by atoms with Crippen LogP contribution in [0.1, 0.15) is 6.92 Å². The van der Waals surface area contributed by atoms with E-state index in [0.29, 0.717) is 13.2 Å². The van der Waals surface area contributed by atoms with Crippen LogP contribution in [0.4, 0.5) is 0 Å². The predicted octanol–water partition coefficient (Wildman–Crippen LogP) is 0.545. The van der Waals surface area contributed by atoms with Crippen molar-refractivity contribution < 1.29 is 14.6 Å². The molecule has 0 aromatic heterocycles. The van der Waals surface area contributed by atoms with Gasteiger partial charge in [-0.15, -0.1) is 0 Å². The fourth-order valence-corrected chi connectivity index (χ4v) is 0.497. The van der Waals surface area contributed by atoms with Gasteiger partial charge in [-0.3, -0.25) is 0 Å². The lowest BCUT2D eigenvalue weighted by Gasteiger charge is -2.04. The Morgan fingerprint density at radius 3 is 2.70 bits per heavy atom. The third-order valence-electron chi connectivity index (χ3n) is 1.06. The van der Waals surface area contributed by atoms with Gasteiger partial charge in [-0.05, 0) is 13.0 Å². The molecule has 0 aliphatic carbocycles. The second-order valence-corrected chi connectivity index (χ2v) is 1.74. The van der Waals surface area contributed by atoms with Gasteiger partial charge in [0.2, 0.25) is 0 Å². The molecule has 0 saturated heterocycles. The summed E-state index contributed by atoms with van der Waals surface area (Å²) in [6.45, 7) is 2.73. The first kappa shape index (κ1) is 9.46. The highest BCUT2D eigenvalue weighted by Gasteiger charge is 1.92. The Bertz CT molecular complexity index is 99.0. The Labute approximate surface area is 61.3 Å². The first-order valence-corrected chi connectivity index (χ1v) is 3.23. The number of methoxy groups -OCH3 is 1. The average Bonchev–Trinajstić information content (AvgIpc) is 1.99. The van der Waals surface area contributed by atoms with Crippen LogP contribution in [0.3, 0.4) is 0 Å². The number of rotatable bonds is 5. The molecule has 0 aliphatic rings. The van der Waals surface area contributed by atoms with Gasteiger partial charge in [-0.1, -0.05) is 0 Å². The summed E-state index contributed by atoms with van der Waals surface area (Å²) in [7, 11) is 1.59.